The molecular formula is C108H66N6Pt2S2. The molecule has 10 heteroatoms. The zero-order chi connectivity index (χ0) is 76.8. The molecule has 0 unspecified atom stereocenters. The molecule has 0 aliphatic carbocycles. The standard InChI is InChI=1S/2C54H33N3S.2Pt/c1-3-11-36(12-4-1)38-19-21-40(22-20-38)44-29-32-48(55-35-44)42-27-30-45(41-25-23-39(24-26-41)37-13-5-2-6-14-37)51(33-42)57-50-17-9-7-15-46(50)47-31-28-43(34-52(47)57)54-56-49-16-8-10-18-53(49)58-54;1-3-10-36(11-4-1)38-18-22-40(23-19-38)42-28-31-51-48(33-42)47-29-26-44(54-56-50-16-7-8-17-53(50)58-54)34-52(47)57(51)46-15-9-14-43(32-46)49-30-27-45(35-55-49)41-24-20-39(21-25-41)37-12-5-2-6-13-37;;/h1-32,35H;1-31,33,35H;;/q2*-2;2*+2. The first-order valence-electron chi connectivity index (χ1n) is 38.8. The van der Waals surface area contributed by atoms with Gasteiger partial charge < -0.3 is 19.1 Å². The van der Waals surface area contributed by atoms with Gasteiger partial charge in [0.1, 0.15) is 0 Å². The monoisotopic (exact) mass is 1900 g/mol. The van der Waals surface area contributed by atoms with Crippen LogP contribution in [0.3, 0.4) is 0 Å². The molecular weight excluding hydrogens is 1840 g/mol. The van der Waals surface area contributed by atoms with E-state index in [4.69, 9.17) is 19.9 Å². The van der Waals surface area contributed by atoms with Crippen LogP contribution in [-0.2, 0) is 42.1 Å². The number of para-hydroxylation sites is 3. The van der Waals surface area contributed by atoms with E-state index in [1.54, 1.807) is 22.7 Å². The van der Waals surface area contributed by atoms with Crippen molar-refractivity contribution in [2.45, 2.75) is 0 Å². The second kappa shape index (κ2) is 32.7. The quantitative estimate of drug-likeness (QED) is 0.102. The molecule has 6 aromatic heterocycles. The maximum Gasteiger partial charge on any atom is 2.00 e. The number of rotatable bonds is 14. The summed E-state index contributed by atoms with van der Waals surface area (Å²) in [5, 5.41) is 6.48. The van der Waals surface area contributed by atoms with Crippen LogP contribution in [0, 0.1) is 24.3 Å². The molecule has 22 rings (SSSR count). The van der Waals surface area contributed by atoms with Gasteiger partial charge in [-0.25, -0.2) is 0 Å². The normalized spacial score (nSPS) is 11.3. The molecule has 0 aliphatic heterocycles. The van der Waals surface area contributed by atoms with Gasteiger partial charge in [-0.05, 0) is 159 Å². The Morgan fingerprint density at radius 3 is 1.08 bits per heavy atom. The minimum absolute atomic E-state index is 0. The van der Waals surface area contributed by atoms with E-state index in [-0.39, 0.29) is 42.1 Å². The van der Waals surface area contributed by atoms with Gasteiger partial charge in [-0.15, -0.1) is 101 Å². The van der Waals surface area contributed by atoms with Crippen LogP contribution in [0.25, 0.3) is 208 Å². The second-order valence-electron chi connectivity index (χ2n) is 28.9. The molecule has 560 valence electrons. The summed E-state index contributed by atoms with van der Waals surface area (Å²) < 4.78 is 6.94. The molecule has 0 N–H and O–H groups in total. The fourth-order valence-corrected chi connectivity index (χ4v) is 17.8. The van der Waals surface area contributed by atoms with Crippen molar-refractivity contribution in [3.05, 3.63) is 425 Å². The fraction of sp³-hybridized carbons (Fsp3) is 0. The van der Waals surface area contributed by atoms with Gasteiger partial charge >= 0.3 is 42.1 Å². The Kier molecular flexibility index (Phi) is 20.7. The number of hydrogen-bond acceptors (Lipinski definition) is 6. The van der Waals surface area contributed by atoms with Gasteiger partial charge in [0.25, 0.3) is 0 Å². The second-order valence-corrected chi connectivity index (χ2v) is 30.9. The molecule has 16 aromatic carbocycles. The van der Waals surface area contributed by atoms with Crippen LogP contribution in [0.5, 0.6) is 0 Å². The van der Waals surface area contributed by atoms with Crippen molar-refractivity contribution in [2.24, 2.45) is 0 Å². The molecule has 0 fully saturated rings. The first-order valence-corrected chi connectivity index (χ1v) is 40.4. The van der Waals surface area contributed by atoms with Crippen LogP contribution in [0.15, 0.2) is 401 Å². The summed E-state index contributed by atoms with van der Waals surface area (Å²) in [4.78, 5) is 20.0. The summed E-state index contributed by atoms with van der Waals surface area (Å²) in [6, 6.07) is 152. The predicted octanol–water partition coefficient (Wildman–Crippen LogP) is 28.8. The number of thiazole rings is 2. The average molecular weight is 1900 g/mol. The molecule has 0 spiro atoms. The van der Waals surface area contributed by atoms with E-state index in [2.05, 4.69) is 397 Å². The molecule has 6 heterocycles. The summed E-state index contributed by atoms with van der Waals surface area (Å²) >= 11 is 3.40. The van der Waals surface area contributed by atoms with Crippen molar-refractivity contribution in [3.63, 3.8) is 0 Å². The molecule has 118 heavy (non-hydrogen) atoms. The van der Waals surface area contributed by atoms with E-state index >= 15 is 0 Å². The number of aromatic nitrogens is 6. The van der Waals surface area contributed by atoms with E-state index in [1.165, 1.54) is 54.8 Å². The van der Waals surface area contributed by atoms with E-state index in [0.717, 1.165) is 153 Å². The van der Waals surface area contributed by atoms with Crippen molar-refractivity contribution < 1.29 is 42.1 Å². The van der Waals surface area contributed by atoms with Gasteiger partial charge in [-0.2, -0.15) is 22.7 Å². The number of pyridine rings is 2. The van der Waals surface area contributed by atoms with Crippen LogP contribution in [-0.4, -0.2) is 29.1 Å². The summed E-state index contributed by atoms with van der Waals surface area (Å²) in [5.41, 5.74) is 32.0. The van der Waals surface area contributed by atoms with E-state index in [0.29, 0.717) is 0 Å². The van der Waals surface area contributed by atoms with Crippen molar-refractivity contribution in [1.82, 2.24) is 29.1 Å². The summed E-state index contributed by atoms with van der Waals surface area (Å²) in [6.45, 7) is 0. The Bertz CT molecular complexity index is 7310. The third-order valence-electron chi connectivity index (χ3n) is 21.8. The van der Waals surface area contributed by atoms with Gasteiger partial charge in [0, 0.05) is 42.8 Å². The van der Waals surface area contributed by atoms with Crippen LogP contribution >= 0.6 is 22.7 Å². The largest absolute Gasteiger partial charge is 2.00 e. The third-order valence-corrected chi connectivity index (χ3v) is 24.0. The molecule has 0 atom stereocenters. The first-order chi connectivity index (χ1) is 57.4. The Labute approximate surface area is 720 Å². The molecule has 0 aliphatic rings. The SMILES string of the molecule is [Pt+2].[Pt+2].[c-]1c(-c2ccc(-c3ccc(-c4ccccc4)cc3)cn2)ccc(-c2ccc(-c3ccccc3)cc2)c1-n1c2[c-]c(-c3nc4ccccc4s3)ccc2c2ccccc21.[c-]1c(-c2ccc(-c3ccc(-c4ccccc4)cc3)cn2)cccc1-n1c2[c-]c(-c3nc4ccccc4s3)ccc2c2cc(-c3ccc(-c4ccccc4)cc3)ccc21. The van der Waals surface area contributed by atoms with Crippen LogP contribution in [0.2, 0.25) is 0 Å². The summed E-state index contributed by atoms with van der Waals surface area (Å²) in [7, 11) is 0. The van der Waals surface area contributed by atoms with E-state index in [1.807, 2.05) is 36.7 Å². The van der Waals surface area contributed by atoms with Crippen molar-refractivity contribution in [2.75, 3.05) is 0 Å². The summed E-state index contributed by atoms with van der Waals surface area (Å²) in [5.74, 6) is 0. The van der Waals surface area contributed by atoms with Gasteiger partial charge in [0.15, 0.2) is 0 Å². The average Bonchev–Trinajstić information content (AvgIpc) is 1.58. The van der Waals surface area contributed by atoms with Gasteiger partial charge in [0.2, 0.25) is 0 Å². The minimum atomic E-state index is 0. The van der Waals surface area contributed by atoms with Gasteiger partial charge in [-0.3, -0.25) is 9.97 Å². The zero-order valence-corrected chi connectivity index (χ0v) is 69.4. The maximum absolute atomic E-state index is 5.02. The van der Waals surface area contributed by atoms with E-state index < -0.39 is 0 Å². The van der Waals surface area contributed by atoms with Crippen molar-refractivity contribution in [1.29, 1.82) is 0 Å². The topological polar surface area (TPSA) is 61.4 Å². The van der Waals surface area contributed by atoms with Crippen LogP contribution < -0.4 is 0 Å². The molecule has 0 bridgehead atoms. The minimum Gasteiger partial charge on any atom is -0.346 e. The molecule has 0 saturated heterocycles. The molecule has 0 radical (unpaired) electrons. The fourth-order valence-electron chi connectivity index (χ4n) is 15.9. The van der Waals surface area contributed by atoms with E-state index in [9.17, 15) is 0 Å². The van der Waals surface area contributed by atoms with Gasteiger partial charge in [0.05, 0.1) is 11.0 Å². The molecule has 0 amide bonds. The van der Waals surface area contributed by atoms with Crippen molar-refractivity contribution >= 4 is 86.7 Å². The smallest absolute Gasteiger partial charge is 0.346 e. The number of benzene rings is 16. The van der Waals surface area contributed by atoms with Crippen LogP contribution in [0.4, 0.5) is 0 Å². The first kappa shape index (κ1) is 74.7. The number of hydrogen-bond donors (Lipinski definition) is 0. The summed E-state index contributed by atoms with van der Waals surface area (Å²) in [6.07, 6.45) is 3.93. The Hall–Kier alpha value is -13.4. The molecule has 22 aromatic rings. The number of nitrogens with zero attached hydrogens (tertiary/aromatic N) is 6. The Morgan fingerprint density at radius 1 is 0.237 bits per heavy atom. The van der Waals surface area contributed by atoms with Gasteiger partial charge in [-0.1, -0.05) is 319 Å². The predicted molar refractivity (Wildman–Crippen MR) is 484 cm³/mol. The maximum atomic E-state index is 5.02. The Morgan fingerprint density at radius 2 is 0.610 bits per heavy atom. The molecule has 0 saturated carbocycles. The molecule has 6 nitrogen and oxygen atoms in total. The Balaban J connectivity index is 0.000000154. The third kappa shape index (κ3) is 14.6. The van der Waals surface area contributed by atoms with Crippen LogP contribution in [0.1, 0.15) is 0 Å². The zero-order valence-electron chi connectivity index (χ0n) is 63.2. The van der Waals surface area contributed by atoms with Crippen molar-refractivity contribution in [3.8, 4) is 144 Å². The number of fused-ring (bicyclic) bond motifs is 8.